The summed E-state index contributed by atoms with van der Waals surface area (Å²) in [5.41, 5.74) is -2.70. The van der Waals surface area contributed by atoms with Gasteiger partial charge in [0, 0.05) is 24.7 Å². The summed E-state index contributed by atoms with van der Waals surface area (Å²) in [5, 5.41) is 21.8. The standard InChI is InChI=1S/C20H19F3N4O4S/c1-19(30,20(21,22)23)10-6-13(16-24-4-5-32-16)15-14(7-10)25-17(31-15)26-8-11-2-3-12(9-26)27(11)18(28)29/h4-7,11-12,30H,2-3,8-9H2,1H3,(H,28,29). The van der Waals surface area contributed by atoms with E-state index in [9.17, 15) is 28.2 Å². The number of hydrogen-bond acceptors (Lipinski definition) is 7. The van der Waals surface area contributed by atoms with Crippen LogP contribution in [0.15, 0.2) is 28.1 Å². The van der Waals surface area contributed by atoms with Crippen LogP contribution in [-0.4, -0.2) is 62.5 Å². The zero-order valence-electron chi connectivity index (χ0n) is 16.8. The molecule has 32 heavy (non-hydrogen) atoms. The smallest absolute Gasteiger partial charge is 0.421 e. The molecule has 1 aromatic carbocycles. The van der Waals surface area contributed by atoms with Gasteiger partial charge in [-0.15, -0.1) is 11.3 Å². The number of amides is 1. The number of hydrogen-bond donors (Lipinski definition) is 2. The molecule has 170 valence electrons. The van der Waals surface area contributed by atoms with Crippen LogP contribution in [0.25, 0.3) is 21.7 Å². The van der Waals surface area contributed by atoms with Gasteiger partial charge >= 0.3 is 12.3 Å². The number of benzene rings is 1. The fourth-order valence-corrected chi connectivity index (χ4v) is 5.14. The van der Waals surface area contributed by atoms with Gasteiger partial charge in [-0.2, -0.15) is 18.2 Å². The molecule has 2 saturated heterocycles. The van der Waals surface area contributed by atoms with E-state index in [1.54, 1.807) is 5.38 Å². The second-order valence-electron chi connectivity index (χ2n) is 8.26. The fraction of sp³-hybridized carbons (Fsp3) is 0.450. The molecule has 4 heterocycles. The van der Waals surface area contributed by atoms with E-state index in [1.165, 1.54) is 34.6 Å². The van der Waals surface area contributed by atoms with Crippen molar-refractivity contribution in [2.75, 3.05) is 18.0 Å². The molecule has 3 atom stereocenters. The van der Waals surface area contributed by atoms with Crippen LogP contribution < -0.4 is 4.90 Å². The lowest BCUT2D eigenvalue weighted by molar-refractivity contribution is -0.258. The van der Waals surface area contributed by atoms with Crippen LogP contribution in [0.2, 0.25) is 0 Å². The second kappa shape index (κ2) is 7.07. The first kappa shape index (κ1) is 21.0. The number of anilines is 1. The first-order valence-electron chi connectivity index (χ1n) is 9.96. The zero-order chi connectivity index (χ0) is 22.8. The van der Waals surface area contributed by atoms with Gasteiger partial charge in [-0.1, -0.05) is 0 Å². The van der Waals surface area contributed by atoms with E-state index in [-0.39, 0.29) is 34.8 Å². The lowest BCUT2D eigenvalue weighted by atomic mass is 9.93. The van der Waals surface area contributed by atoms with Crippen LogP contribution in [0.4, 0.5) is 24.0 Å². The van der Waals surface area contributed by atoms with Crippen LogP contribution in [0, 0.1) is 0 Å². The number of aliphatic hydroxyl groups is 1. The second-order valence-corrected chi connectivity index (χ2v) is 9.15. The van der Waals surface area contributed by atoms with Crippen molar-refractivity contribution in [3.63, 3.8) is 0 Å². The van der Waals surface area contributed by atoms with Crippen molar-refractivity contribution in [3.05, 3.63) is 29.3 Å². The summed E-state index contributed by atoms with van der Waals surface area (Å²) in [5.74, 6) is 0. The third-order valence-corrected chi connectivity index (χ3v) is 7.04. The summed E-state index contributed by atoms with van der Waals surface area (Å²) in [4.78, 5) is 23.4. The molecule has 0 aliphatic carbocycles. The molecule has 8 nitrogen and oxygen atoms in total. The zero-order valence-corrected chi connectivity index (χ0v) is 17.7. The molecule has 2 aromatic heterocycles. The molecule has 2 bridgehead atoms. The molecular formula is C20H19F3N4O4S. The summed E-state index contributed by atoms with van der Waals surface area (Å²) in [6.45, 7) is 1.47. The molecule has 3 aromatic rings. The maximum Gasteiger partial charge on any atom is 0.421 e. The Hall–Kier alpha value is -2.86. The lowest BCUT2D eigenvalue weighted by Gasteiger charge is -2.38. The van der Waals surface area contributed by atoms with Gasteiger partial charge in [0.1, 0.15) is 10.5 Å². The predicted molar refractivity (Wildman–Crippen MR) is 110 cm³/mol. The van der Waals surface area contributed by atoms with E-state index in [0.29, 0.717) is 30.6 Å². The van der Waals surface area contributed by atoms with E-state index in [1.807, 2.05) is 4.90 Å². The molecule has 2 N–H and O–H groups in total. The molecule has 2 aliphatic rings. The van der Waals surface area contributed by atoms with Crippen LogP contribution in [0.1, 0.15) is 25.3 Å². The van der Waals surface area contributed by atoms with E-state index in [0.717, 1.165) is 12.8 Å². The number of carbonyl (C=O) groups is 1. The molecule has 0 saturated carbocycles. The minimum Gasteiger partial charge on any atom is -0.465 e. The number of carboxylic acid groups (broad SMARTS) is 1. The summed E-state index contributed by atoms with van der Waals surface area (Å²) >= 11 is 1.23. The van der Waals surface area contributed by atoms with Gasteiger partial charge in [0.15, 0.2) is 11.2 Å². The van der Waals surface area contributed by atoms with Gasteiger partial charge in [0.25, 0.3) is 6.01 Å². The van der Waals surface area contributed by atoms with Crippen molar-refractivity contribution in [2.45, 2.75) is 43.6 Å². The molecule has 1 amide bonds. The van der Waals surface area contributed by atoms with Crippen LogP contribution in [-0.2, 0) is 5.60 Å². The average Bonchev–Trinajstić information content (AvgIpc) is 3.44. The fourth-order valence-electron chi connectivity index (χ4n) is 4.49. The first-order chi connectivity index (χ1) is 15.1. The normalized spacial score (nSPS) is 23.0. The van der Waals surface area contributed by atoms with Gasteiger partial charge < -0.3 is 19.5 Å². The van der Waals surface area contributed by atoms with Gasteiger partial charge in [-0.05, 0) is 37.5 Å². The summed E-state index contributed by atoms with van der Waals surface area (Å²) in [6.07, 6.45) is -2.85. The van der Waals surface area contributed by atoms with Crippen LogP contribution >= 0.6 is 11.3 Å². The summed E-state index contributed by atoms with van der Waals surface area (Å²) in [6, 6.07) is 2.23. The SMILES string of the molecule is CC(O)(c1cc(-c2nccs2)c2oc(N3CC4CCC(C3)N4C(=O)O)nc2c1)C(F)(F)F. The van der Waals surface area contributed by atoms with Gasteiger partial charge in [0.2, 0.25) is 0 Å². The van der Waals surface area contributed by atoms with E-state index in [4.69, 9.17) is 4.42 Å². The number of halogens is 3. The van der Waals surface area contributed by atoms with E-state index < -0.39 is 17.9 Å². The number of thiazole rings is 1. The summed E-state index contributed by atoms with van der Waals surface area (Å²) < 4.78 is 46.5. The Balaban J connectivity index is 1.59. The molecule has 5 rings (SSSR count). The van der Waals surface area contributed by atoms with Gasteiger partial charge in [0.05, 0.1) is 17.6 Å². The van der Waals surface area contributed by atoms with Crippen molar-refractivity contribution < 1.29 is 32.6 Å². The molecule has 0 spiro atoms. The van der Waals surface area contributed by atoms with Crippen molar-refractivity contribution in [1.82, 2.24) is 14.9 Å². The highest BCUT2D eigenvalue weighted by molar-refractivity contribution is 7.13. The van der Waals surface area contributed by atoms with Crippen molar-refractivity contribution >= 4 is 34.5 Å². The number of nitrogens with zero attached hydrogens (tertiary/aromatic N) is 4. The topological polar surface area (TPSA) is 103 Å². The minimum atomic E-state index is -4.89. The number of aromatic nitrogens is 2. The highest BCUT2D eigenvalue weighted by atomic mass is 32.1. The van der Waals surface area contributed by atoms with Crippen molar-refractivity contribution in [1.29, 1.82) is 0 Å². The van der Waals surface area contributed by atoms with Crippen LogP contribution in [0.3, 0.4) is 0 Å². The molecule has 2 fully saturated rings. The average molecular weight is 468 g/mol. The number of oxazole rings is 1. The first-order valence-corrected chi connectivity index (χ1v) is 10.8. The lowest BCUT2D eigenvalue weighted by Crippen LogP contribution is -2.55. The van der Waals surface area contributed by atoms with E-state index in [2.05, 4.69) is 9.97 Å². The summed E-state index contributed by atoms with van der Waals surface area (Å²) in [7, 11) is 0. The van der Waals surface area contributed by atoms with Gasteiger partial charge in [-0.25, -0.2) is 9.78 Å². The van der Waals surface area contributed by atoms with Crippen LogP contribution in [0.5, 0.6) is 0 Å². The Morgan fingerprint density at radius 1 is 1.25 bits per heavy atom. The third-order valence-electron chi connectivity index (χ3n) is 6.23. The molecule has 12 heteroatoms. The highest BCUT2D eigenvalue weighted by Crippen LogP contribution is 2.43. The third kappa shape index (κ3) is 3.20. The number of alkyl halides is 3. The Morgan fingerprint density at radius 3 is 2.50 bits per heavy atom. The molecule has 0 radical (unpaired) electrons. The monoisotopic (exact) mass is 468 g/mol. The number of rotatable bonds is 3. The number of fused-ring (bicyclic) bond motifs is 3. The minimum absolute atomic E-state index is 0.167. The van der Waals surface area contributed by atoms with E-state index >= 15 is 0 Å². The Bertz CT molecular complexity index is 1160. The quantitative estimate of drug-likeness (QED) is 0.598. The number of piperazine rings is 1. The van der Waals surface area contributed by atoms with Crippen molar-refractivity contribution in [3.8, 4) is 10.6 Å². The maximum atomic E-state index is 13.5. The highest BCUT2D eigenvalue weighted by Gasteiger charge is 2.51. The maximum absolute atomic E-state index is 13.5. The Morgan fingerprint density at radius 2 is 1.94 bits per heavy atom. The van der Waals surface area contributed by atoms with Gasteiger partial charge in [-0.3, -0.25) is 4.90 Å². The largest absolute Gasteiger partial charge is 0.465 e. The molecular weight excluding hydrogens is 449 g/mol. The Labute approximate surface area is 183 Å². The predicted octanol–water partition coefficient (Wildman–Crippen LogP) is 4.05. The molecule has 3 unspecified atom stereocenters. The Kier molecular flexibility index (Phi) is 4.64. The molecule has 2 aliphatic heterocycles. The van der Waals surface area contributed by atoms with Crippen molar-refractivity contribution in [2.24, 2.45) is 0 Å².